The molecule has 4 aromatic rings. The van der Waals surface area contributed by atoms with E-state index >= 15 is 4.39 Å². The Bertz CT molecular complexity index is 1460. The molecule has 0 N–H and O–H groups in total. The summed E-state index contributed by atoms with van der Waals surface area (Å²) in [5.41, 5.74) is 2.86. The van der Waals surface area contributed by atoms with Crippen LogP contribution in [0.2, 0.25) is 0 Å². The summed E-state index contributed by atoms with van der Waals surface area (Å²) in [7, 11) is 3.20. The van der Waals surface area contributed by atoms with Gasteiger partial charge in [0.05, 0.1) is 31.4 Å². The van der Waals surface area contributed by atoms with Crippen LogP contribution < -0.4 is 10.2 Å². The van der Waals surface area contributed by atoms with Crippen LogP contribution >= 0.6 is 0 Å². The van der Waals surface area contributed by atoms with Gasteiger partial charge in [0.2, 0.25) is 0 Å². The molecule has 3 aromatic heterocycles. The van der Waals surface area contributed by atoms with E-state index in [1.54, 1.807) is 47.0 Å². The van der Waals surface area contributed by atoms with Gasteiger partial charge in [-0.1, -0.05) is 18.2 Å². The van der Waals surface area contributed by atoms with Gasteiger partial charge < -0.3 is 4.74 Å². The van der Waals surface area contributed by atoms with E-state index in [0.717, 1.165) is 24.1 Å². The number of nitrogens with zero attached hydrogens (tertiary/aromatic N) is 6. The minimum Gasteiger partial charge on any atom is -0.491 e. The molecule has 0 radical (unpaired) electrons. The summed E-state index contributed by atoms with van der Waals surface area (Å²) < 4.78 is 25.1. The lowest BCUT2D eigenvalue weighted by Gasteiger charge is -2.15. The molecule has 0 unspecified atom stereocenters. The number of hydrogen-bond acceptors (Lipinski definition) is 5. The molecule has 1 aliphatic carbocycles. The third-order valence-electron chi connectivity index (χ3n) is 5.49. The van der Waals surface area contributed by atoms with Gasteiger partial charge in [-0.3, -0.25) is 9.48 Å². The second-order valence-electron chi connectivity index (χ2n) is 7.64. The van der Waals surface area contributed by atoms with Gasteiger partial charge in [-0.25, -0.2) is 13.8 Å². The molecular weight excluding hydrogens is 423 g/mol. The van der Waals surface area contributed by atoms with Crippen LogP contribution in [0.5, 0.6) is 5.75 Å². The first-order chi connectivity index (χ1) is 16.0. The summed E-state index contributed by atoms with van der Waals surface area (Å²) in [5.74, 6) is -0.435. The first kappa shape index (κ1) is 20.6. The van der Waals surface area contributed by atoms with Crippen LogP contribution in [0.1, 0.15) is 12.8 Å². The maximum Gasteiger partial charge on any atom is 0.251 e. The Balaban J connectivity index is 1.62. The van der Waals surface area contributed by atoms with Crippen molar-refractivity contribution < 1.29 is 9.13 Å². The molecule has 0 saturated heterocycles. The maximum atomic E-state index is 15.2. The summed E-state index contributed by atoms with van der Waals surface area (Å²) in [6.45, 7) is 0. The lowest BCUT2D eigenvalue weighted by Crippen LogP contribution is -2.18. The van der Waals surface area contributed by atoms with E-state index in [1.165, 1.54) is 24.1 Å². The molecule has 0 bridgehead atoms. The molecule has 9 heteroatoms. The average Bonchev–Trinajstić information content (AvgIpc) is 3.49. The fraction of sp³-hybridized carbons (Fsp3) is 0.167. The van der Waals surface area contributed by atoms with Gasteiger partial charge in [0.1, 0.15) is 11.5 Å². The predicted octanol–water partition coefficient (Wildman–Crippen LogP) is 3.84. The Morgan fingerprint density at radius 3 is 2.70 bits per heavy atom. The molecule has 5 rings (SSSR count). The normalized spacial score (nSPS) is 13.2. The first-order valence-corrected chi connectivity index (χ1v) is 10.4. The zero-order valence-corrected chi connectivity index (χ0v) is 18.1. The number of aryl methyl sites for hydroxylation is 1. The number of halogens is 1. The van der Waals surface area contributed by atoms with E-state index in [2.05, 4.69) is 21.4 Å². The SMILES string of the molecule is COc1cn(-c2ccc(-c3cnn(C)c3)cc2F)nc(-c2ccnn2C2=CC=CCC2)c1=O. The summed E-state index contributed by atoms with van der Waals surface area (Å²) >= 11 is 0. The lowest BCUT2D eigenvalue weighted by atomic mass is 10.1. The number of rotatable bonds is 5. The Hall–Kier alpha value is -4.27. The summed E-state index contributed by atoms with van der Waals surface area (Å²) in [6.07, 6.45) is 14.1. The second kappa shape index (κ2) is 8.34. The number of hydrogen-bond donors (Lipinski definition) is 0. The van der Waals surface area contributed by atoms with Gasteiger partial charge >= 0.3 is 0 Å². The zero-order valence-electron chi connectivity index (χ0n) is 18.1. The van der Waals surface area contributed by atoms with Gasteiger partial charge in [-0.2, -0.15) is 15.3 Å². The molecule has 0 amide bonds. The Morgan fingerprint density at radius 2 is 2.00 bits per heavy atom. The molecule has 166 valence electrons. The minimum atomic E-state index is -0.492. The van der Waals surface area contributed by atoms with E-state index in [1.807, 2.05) is 18.3 Å². The van der Waals surface area contributed by atoms with Crippen LogP contribution in [-0.2, 0) is 7.05 Å². The number of aromatic nitrogens is 6. The Kier molecular flexibility index (Phi) is 5.21. The topological polar surface area (TPSA) is 79.8 Å². The van der Waals surface area contributed by atoms with Gasteiger partial charge in [0.25, 0.3) is 5.43 Å². The maximum absolute atomic E-state index is 15.2. The van der Waals surface area contributed by atoms with Crippen molar-refractivity contribution >= 4 is 5.70 Å². The van der Waals surface area contributed by atoms with Gasteiger partial charge in [-0.15, -0.1) is 0 Å². The molecule has 0 aliphatic heterocycles. The smallest absolute Gasteiger partial charge is 0.251 e. The first-order valence-electron chi connectivity index (χ1n) is 10.4. The third kappa shape index (κ3) is 3.78. The largest absolute Gasteiger partial charge is 0.491 e. The highest BCUT2D eigenvalue weighted by Gasteiger charge is 2.20. The van der Waals surface area contributed by atoms with Crippen LogP contribution in [-0.4, -0.2) is 36.5 Å². The molecule has 0 spiro atoms. The zero-order chi connectivity index (χ0) is 22.9. The van der Waals surface area contributed by atoms with Crippen molar-refractivity contribution in [3.05, 3.63) is 83.3 Å². The molecule has 0 atom stereocenters. The highest BCUT2D eigenvalue weighted by atomic mass is 19.1. The van der Waals surface area contributed by atoms with Crippen LogP contribution in [0, 0.1) is 5.82 Å². The molecular formula is C24H21FN6O2. The summed E-state index contributed by atoms with van der Waals surface area (Å²) in [5, 5.41) is 13.0. The fourth-order valence-electron chi connectivity index (χ4n) is 3.83. The van der Waals surface area contributed by atoms with Crippen molar-refractivity contribution in [3.8, 4) is 34.0 Å². The Labute approximate surface area is 188 Å². The highest BCUT2D eigenvalue weighted by Crippen LogP contribution is 2.26. The Morgan fingerprint density at radius 1 is 1.12 bits per heavy atom. The monoisotopic (exact) mass is 444 g/mol. The van der Waals surface area contributed by atoms with Crippen molar-refractivity contribution in [2.45, 2.75) is 12.8 Å². The quantitative estimate of drug-likeness (QED) is 0.467. The molecule has 1 aliphatic rings. The number of methoxy groups -OCH3 is 1. The van der Waals surface area contributed by atoms with Gasteiger partial charge in [0.15, 0.2) is 11.4 Å². The molecule has 3 heterocycles. The van der Waals surface area contributed by atoms with Crippen molar-refractivity contribution in [1.29, 1.82) is 0 Å². The van der Waals surface area contributed by atoms with E-state index in [4.69, 9.17) is 4.74 Å². The highest BCUT2D eigenvalue weighted by molar-refractivity contribution is 5.65. The molecule has 8 nitrogen and oxygen atoms in total. The van der Waals surface area contributed by atoms with Crippen molar-refractivity contribution in [2.75, 3.05) is 7.11 Å². The number of ether oxygens (including phenoxy) is 1. The van der Waals surface area contributed by atoms with E-state index < -0.39 is 11.2 Å². The van der Waals surface area contributed by atoms with Crippen LogP contribution in [0.4, 0.5) is 4.39 Å². The van der Waals surface area contributed by atoms with E-state index in [0.29, 0.717) is 11.3 Å². The van der Waals surface area contributed by atoms with Crippen molar-refractivity contribution in [1.82, 2.24) is 29.3 Å². The molecule has 1 aromatic carbocycles. The van der Waals surface area contributed by atoms with E-state index in [9.17, 15) is 4.79 Å². The van der Waals surface area contributed by atoms with Gasteiger partial charge in [0, 0.05) is 24.5 Å². The fourth-order valence-corrected chi connectivity index (χ4v) is 3.83. The summed E-state index contributed by atoms with van der Waals surface area (Å²) in [6, 6.07) is 6.53. The molecule has 33 heavy (non-hydrogen) atoms. The van der Waals surface area contributed by atoms with Gasteiger partial charge in [-0.05, 0) is 42.7 Å². The average molecular weight is 444 g/mol. The lowest BCUT2D eigenvalue weighted by molar-refractivity contribution is 0.405. The second-order valence-corrected chi connectivity index (χ2v) is 7.64. The number of benzene rings is 1. The molecule has 0 fully saturated rings. The van der Waals surface area contributed by atoms with Crippen LogP contribution in [0.25, 0.3) is 33.9 Å². The summed E-state index contributed by atoms with van der Waals surface area (Å²) in [4.78, 5) is 13.1. The molecule has 0 saturated carbocycles. The van der Waals surface area contributed by atoms with E-state index in [-0.39, 0.29) is 17.1 Å². The van der Waals surface area contributed by atoms with Crippen molar-refractivity contribution in [2.24, 2.45) is 7.05 Å². The minimum absolute atomic E-state index is 0.0565. The number of allylic oxidation sites excluding steroid dienone is 4. The third-order valence-corrected chi connectivity index (χ3v) is 5.49. The van der Waals surface area contributed by atoms with Crippen molar-refractivity contribution in [3.63, 3.8) is 0 Å². The predicted molar refractivity (Wildman–Crippen MR) is 122 cm³/mol. The van der Waals surface area contributed by atoms with Crippen LogP contribution in [0.3, 0.4) is 0 Å². The standard InChI is InChI=1S/C24H21FN6O2/c1-29-14-17(13-27-29)16-8-9-20(19(25)12-16)30-15-22(33-2)24(32)23(28-30)21-10-11-26-31(21)18-6-4-3-5-7-18/h3-4,6,8-15H,5,7H2,1-2H3. The van der Waals surface area contributed by atoms with Crippen LogP contribution in [0.15, 0.2) is 72.1 Å².